The first-order valence-electron chi connectivity index (χ1n) is 9.34. The third-order valence-corrected chi connectivity index (χ3v) is 6.55. The van der Waals surface area contributed by atoms with E-state index in [1.54, 1.807) is 6.92 Å². The molecular formula is C21H23FN2O2. The number of benzene rings is 1. The predicted octanol–water partition coefficient (Wildman–Crippen LogP) is 3.12. The third kappa shape index (κ3) is 1.89. The summed E-state index contributed by atoms with van der Waals surface area (Å²) in [5, 5.41) is 1.16. The van der Waals surface area contributed by atoms with Crippen LogP contribution in [-0.4, -0.2) is 48.3 Å². The summed E-state index contributed by atoms with van der Waals surface area (Å²) >= 11 is 0. The monoisotopic (exact) mass is 354 g/mol. The van der Waals surface area contributed by atoms with Gasteiger partial charge in [-0.1, -0.05) is 24.3 Å². The molecule has 4 nitrogen and oxygen atoms in total. The zero-order valence-electron chi connectivity index (χ0n) is 15.1. The molecule has 2 aromatic rings. The summed E-state index contributed by atoms with van der Waals surface area (Å²) in [5.41, 5.74) is 3.05. The number of H-pyrrole nitrogens is 1. The van der Waals surface area contributed by atoms with Gasteiger partial charge in [-0.15, -0.1) is 0 Å². The minimum Gasteiger partial charge on any atom is -0.468 e. The van der Waals surface area contributed by atoms with E-state index >= 15 is 0 Å². The molecule has 0 radical (unpaired) electrons. The Morgan fingerprint density at radius 1 is 1.42 bits per heavy atom. The van der Waals surface area contributed by atoms with Crippen LogP contribution in [0.2, 0.25) is 0 Å². The Kier molecular flexibility index (Phi) is 3.35. The minimum atomic E-state index is -1.07. The van der Waals surface area contributed by atoms with Crippen LogP contribution in [0.1, 0.15) is 24.6 Å². The Labute approximate surface area is 152 Å². The van der Waals surface area contributed by atoms with Crippen molar-refractivity contribution in [3.8, 4) is 0 Å². The van der Waals surface area contributed by atoms with Crippen molar-refractivity contribution in [3.63, 3.8) is 0 Å². The number of hydrogen-bond donors (Lipinski definition) is 1. The molecule has 1 aromatic heterocycles. The third-order valence-electron chi connectivity index (χ3n) is 6.55. The van der Waals surface area contributed by atoms with Gasteiger partial charge in [0.2, 0.25) is 0 Å². The average molecular weight is 354 g/mol. The molecule has 5 unspecified atom stereocenters. The molecule has 0 amide bonds. The van der Waals surface area contributed by atoms with Gasteiger partial charge in [0.05, 0.1) is 13.2 Å². The lowest BCUT2D eigenvalue weighted by Crippen LogP contribution is -2.64. The van der Waals surface area contributed by atoms with Crippen LogP contribution in [0.3, 0.4) is 0 Å². The Hall–Kier alpha value is -2.14. The highest BCUT2D eigenvalue weighted by atomic mass is 19.1. The van der Waals surface area contributed by atoms with Crippen LogP contribution < -0.4 is 0 Å². The fourth-order valence-corrected chi connectivity index (χ4v) is 5.66. The number of carbonyl (C=O) groups is 1. The molecule has 4 aliphatic rings. The molecule has 0 spiro atoms. The lowest BCUT2D eigenvalue weighted by atomic mass is 9.60. The molecule has 3 aliphatic heterocycles. The molecule has 6 rings (SSSR count). The topological polar surface area (TPSA) is 45.3 Å². The number of alkyl halides is 1. The van der Waals surface area contributed by atoms with Crippen LogP contribution >= 0.6 is 0 Å². The molecule has 1 N–H and O–H groups in total. The Balaban J connectivity index is 1.83. The van der Waals surface area contributed by atoms with Gasteiger partial charge in [0.15, 0.2) is 0 Å². The molecular weight excluding hydrogens is 331 g/mol. The number of carbonyl (C=O) groups excluding carboxylic acids is 1. The zero-order valence-corrected chi connectivity index (χ0v) is 15.1. The highest BCUT2D eigenvalue weighted by Crippen LogP contribution is 2.53. The number of para-hydroxylation sites is 1. The van der Waals surface area contributed by atoms with Gasteiger partial charge in [-0.25, -0.2) is 4.39 Å². The zero-order chi connectivity index (χ0) is 18.1. The van der Waals surface area contributed by atoms with Crippen molar-refractivity contribution < 1.29 is 13.9 Å². The Bertz CT molecular complexity index is 931. The summed E-state index contributed by atoms with van der Waals surface area (Å²) in [5.74, 6) is -0.0807. The second-order valence-electron chi connectivity index (χ2n) is 7.88. The van der Waals surface area contributed by atoms with E-state index in [1.807, 2.05) is 18.2 Å². The number of nitrogens with zero attached hydrogens (tertiary/aromatic N) is 1. The van der Waals surface area contributed by atoms with E-state index < -0.39 is 11.6 Å². The molecule has 5 atom stereocenters. The number of piperidine rings is 1. The fraction of sp³-hybridized carbons (Fsp3) is 0.476. The van der Waals surface area contributed by atoms with Gasteiger partial charge in [-0.05, 0) is 42.9 Å². The van der Waals surface area contributed by atoms with Gasteiger partial charge >= 0.3 is 5.97 Å². The molecule has 4 bridgehead atoms. The first-order valence-corrected chi connectivity index (χ1v) is 9.34. The molecule has 1 fully saturated rings. The summed E-state index contributed by atoms with van der Waals surface area (Å²) in [7, 11) is 1.44. The Morgan fingerprint density at radius 3 is 3.00 bits per heavy atom. The summed E-state index contributed by atoms with van der Waals surface area (Å²) < 4.78 is 19.9. The maximum atomic E-state index is 14.5. The van der Waals surface area contributed by atoms with Gasteiger partial charge in [0.25, 0.3) is 0 Å². The molecule has 5 heteroatoms. The van der Waals surface area contributed by atoms with E-state index in [-0.39, 0.29) is 17.9 Å². The highest BCUT2D eigenvalue weighted by molar-refractivity contribution is 5.92. The van der Waals surface area contributed by atoms with E-state index in [9.17, 15) is 9.18 Å². The molecule has 26 heavy (non-hydrogen) atoms. The lowest BCUT2D eigenvalue weighted by molar-refractivity contribution is -0.154. The second-order valence-corrected chi connectivity index (χ2v) is 7.88. The number of aromatic amines is 1. The van der Waals surface area contributed by atoms with Gasteiger partial charge in [-0.2, -0.15) is 0 Å². The summed E-state index contributed by atoms with van der Waals surface area (Å²) in [6.45, 7) is 3.30. The summed E-state index contributed by atoms with van der Waals surface area (Å²) in [6, 6.07) is 7.90. The second kappa shape index (κ2) is 5.43. The quantitative estimate of drug-likeness (QED) is 0.666. The lowest BCUT2D eigenvalue weighted by Gasteiger charge is -2.54. The number of methoxy groups -OCH3 is 1. The van der Waals surface area contributed by atoms with Crippen molar-refractivity contribution in [2.75, 3.05) is 20.2 Å². The predicted molar refractivity (Wildman–Crippen MR) is 97.8 cm³/mol. The standard InChI is InChI=1S/C21H23FN2O2/c1-12(22)16-9-13-10-21(20(25)26-2)18-15(7-8-24(11-13)19(16)21)14-5-3-4-6-17(14)23-18/h3-6,9,12-13,19,23H,7-8,10-11H2,1-2H3. The van der Waals surface area contributed by atoms with E-state index in [4.69, 9.17) is 4.74 Å². The molecule has 1 aromatic carbocycles. The number of esters is 1. The van der Waals surface area contributed by atoms with Crippen molar-refractivity contribution in [3.05, 3.63) is 47.2 Å². The minimum absolute atomic E-state index is 0.171. The smallest absolute Gasteiger partial charge is 0.319 e. The van der Waals surface area contributed by atoms with Gasteiger partial charge in [0.1, 0.15) is 11.6 Å². The number of ether oxygens (including phenoxy) is 1. The van der Waals surface area contributed by atoms with Crippen LogP contribution in [-0.2, 0) is 21.4 Å². The van der Waals surface area contributed by atoms with Crippen LogP contribution in [0.25, 0.3) is 10.9 Å². The van der Waals surface area contributed by atoms with Crippen LogP contribution in [0, 0.1) is 5.92 Å². The number of rotatable bonds is 2. The largest absolute Gasteiger partial charge is 0.468 e. The van der Waals surface area contributed by atoms with Gasteiger partial charge < -0.3 is 9.72 Å². The van der Waals surface area contributed by atoms with Crippen molar-refractivity contribution in [2.45, 2.75) is 37.4 Å². The van der Waals surface area contributed by atoms with Crippen LogP contribution in [0.15, 0.2) is 35.9 Å². The number of hydrogen-bond acceptors (Lipinski definition) is 3. The SMILES string of the molecule is COC(=O)C12CC3C=C(C(C)F)C1N(CCc1c2[nH]c2ccccc12)C3. The van der Waals surface area contributed by atoms with E-state index in [0.717, 1.165) is 41.7 Å². The van der Waals surface area contributed by atoms with Crippen LogP contribution in [0.5, 0.6) is 0 Å². The van der Waals surface area contributed by atoms with Gasteiger partial charge in [-0.3, -0.25) is 9.69 Å². The van der Waals surface area contributed by atoms with Crippen LogP contribution in [0.4, 0.5) is 4.39 Å². The average Bonchev–Trinajstić information content (AvgIpc) is 3.00. The van der Waals surface area contributed by atoms with Gasteiger partial charge in [0, 0.05) is 29.7 Å². The molecule has 4 heterocycles. The summed E-state index contributed by atoms with van der Waals surface area (Å²) in [4.78, 5) is 19.1. The van der Waals surface area contributed by atoms with Crippen molar-refractivity contribution >= 4 is 16.9 Å². The van der Waals surface area contributed by atoms with Crippen molar-refractivity contribution in [1.82, 2.24) is 9.88 Å². The van der Waals surface area contributed by atoms with Crippen molar-refractivity contribution in [1.29, 1.82) is 0 Å². The highest BCUT2D eigenvalue weighted by Gasteiger charge is 2.61. The Morgan fingerprint density at radius 2 is 2.23 bits per heavy atom. The number of halogens is 1. The number of nitrogens with one attached hydrogen (secondary N) is 1. The molecule has 136 valence electrons. The molecule has 1 aliphatic carbocycles. The normalized spacial score (nSPS) is 33.3. The fourth-order valence-electron chi connectivity index (χ4n) is 5.66. The van der Waals surface area contributed by atoms with E-state index in [0.29, 0.717) is 6.42 Å². The maximum absolute atomic E-state index is 14.5. The van der Waals surface area contributed by atoms with E-state index in [1.165, 1.54) is 12.7 Å². The summed E-state index contributed by atoms with van der Waals surface area (Å²) in [6.07, 6.45) is 2.54. The van der Waals surface area contributed by atoms with Crippen molar-refractivity contribution in [2.24, 2.45) is 5.92 Å². The first-order chi connectivity index (χ1) is 12.6. The van der Waals surface area contributed by atoms with E-state index in [2.05, 4.69) is 22.0 Å². The maximum Gasteiger partial charge on any atom is 0.319 e. The molecule has 1 saturated heterocycles. The molecule has 0 saturated carbocycles. The number of aromatic nitrogens is 1. The first kappa shape index (κ1) is 16.1. The number of fused-ring (bicyclic) bond motifs is 3.